The van der Waals surface area contributed by atoms with Crippen molar-refractivity contribution in [2.75, 3.05) is 0 Å². The maximum absolute atomic E-state index is 3.30. The van der Waals surface area contributed by atoms with Crippen LogP contribution in [0, 0.1) is 0 Å². The molecule has 1 nitrogen and oxygen atoms in total. The first-order valence-corrected chi connectivity index (χ1v) is 3.68. The van der Waals surface area contributed by atoms with Gasteiger partial charge in [0.25, 0.3) is 0 Å². The Labute approximate surface area is 61.1 Å². The van der Waals surface area contributed by atoms with Crippen molar-refractivity contribution in [3.05, 3.63) is 35.6 Å². The van der Waals surface area contributed by atoms with Crippen LogP contribution in [0.4, 0.5) is 0 Å². The Morgan fingerprint density at radius 2 is 2.40 bits per heavy atom. The summed E-state index contributed by atoms with van der Waals surface area (Å²) in [5.74, 6) is 0. The molecule has 2 rings (SSSR count). The summed E-state index contributed by atoms with van der Waals surface area (Å²) >= 11 is 0. The third-order valence-electron chi connectivity index (χ3n) is 2.13. The Morgan fingerprint density at radius 1 is 1.50 bits per heavy atom. The maximum Gasteiger partial charge on any atom is 0.0546 e. The lowest BCUT2D eigenvalue weighted by atomic mass is 9.96. The van der Waals surface area contributed by atoms with Crippen molar-refractivity contribution in [1.82, 2.24) is 5.32 Å². The van der Waals surface area contributed by atoms with Crippen LogP contribution in [0.1, 0.15) is 13.3 Å². The van der Waals surface area contributed by atoms with Crippen molar-refractivity contribution in [1.29, 1.82) is 0 Å². The van der Waals surface area contributed by atoms with Gasteiger partial charge in [0.1, 0.15) is 0 Å². The summed E-state index contributed by atoms with van der Waals surface area (Å²) in [5, 5.41) is 3.30. The smallest absolute Gasteiger partial charge is 0.0546 e. The minimum atomic E-state index is 0.574. The Morgan fingerprint density at radius 3 is 3.20 bits per heavy atom. The fourth-order valence-corrected chi connectivity index (χ4v) is 1.54. The lowest BCUT2D eigenvalue weighted by Crippen LogP contribution is -2.22. The van der Waals surface area contributed by atoms with Gasteiger partial charge in [-0.2, -0.15) is 0 Å². The van der Waals surface area contributed by atoms with E-state index in [1.54, 1.807) is 0 Å². The largest absolute Gasteiger partial charge is 0.384 e. The fourth-order valence-electron chi connectivity index (χ4n) is 1.54. The minimum absolute atomic E-state index is 0.574. The van der Waals surface area contributed by atoms with Crippen LogP contribution >= 0.6 is 0 Å². The van der Waals surface area contributed by atoms with Crippen LogP contribution in [0.25, 0.3) is 0 Å². The van der Waals surface area contributed by atoms with Gasteiger partial charge >= 0.3 is 0 Å². The van der Waals surface area contributed by atoms with Gasteiger partial charge in [-0.05, 0) is 36.8 Å². The highest BCUT2D eigenvalue weighted by molar-refractivity contribution is 5.42. The van der Waals surface area contributed by atoms with Crippen LogP contribution in [0.5, 0.6) is 0 Å². The third-order valence-corrected chi connectivity index (χ3v) is 2.13. The highest BCUT2D eigenvalue weighted by atomic mass is 14.9. The van der Waals surface area contributed by atoms with Gasteiger partial charge in [0.2, 0.25) is 0 Å². The number of allylic oxidation sites excluding steroid dienone is 2. The Hall–Kier alpha value is -0.980. The molecule has 0 saturated carbocycles. The first kappa shape index (κ1) is 5.78. The summed E-state index contributed by atoms with van der Waals surface area (Å²) in [6.45, 7) is 2.16. The number of hydrogen-bond donors (Lipinski definition) is 1. The van der Waals surface area contributed by atoms with E-state index < -0.39 is 0 Å². The molecule has 1 N–H and O–H groups in total. The topological polar surface area (TPSA) is 12.0 Å². The zero-order chi connectivity index (χ0) is 6.97. The molecule has 1 heteroatoms. The van der Waals surface area contributed by atoms with Crippen LogP contribution in [0.2, 0.25) is 0 Å². The molecule has 0 radical (unpaired) electrons. The van der Waals surface area contributed by atoms with Crippen LogP contribution in [0.15, 0.2) is 35.6 Å². The molecule has 1 aliphatic carbocycles. The van der Waals surface area contributed by atoms with Crippen molar-refractivity contribution in [3.63, 3.8) is 0 Å². The lowest BCUT2D eigenvalue weighted by Gasteiger charge is -2.16. The SMILES string of the molecule is CC1=C2C=CNC2CC=C1. The normalized spacial score (nSPS) is 28.7. The summed E-state index contributed by atoms with van der Waals surface area (Å²) in [5.41, 5.74) is 2.86. The monoisotopic (exact) mass is 133 g/mol. The highest BCUT2D eigenvalue weighted by Gasteiger charge is 2.17. The Bertz CT molecular complexity index is 233. The Balaban J connectivity index is 2.41. The van der Waals surface area contributed by atoms with E-state index in [1.165, 1.54) is 11.1 Å². The second-order valence-electron chi connectivity index (χ2n) is 2.83. The van der Waals surface area contributed by atoms with E-state index in [-0.39, 0.29) is 0 Å². The van der Waals surface area contributed by atoms with Crippen LogP contribution < -0.4 is 5.32 Å². The van der Waals surface area contributed by atoms with Gasteiger partial charge in [-0.1, -0.05) is 12.2 Å². The molecule has 0 aromatic carbocycles. The van der Waals surface area contributed by atoms with Crippen molar-refractivity contribution in [2.45, 2.75) is 19.4 Å². The standard InChI is InChI=1S/C9H11N/c1-7-3-2-4-9-8(7)5-6-10-9/h2-3,5-6,9-10H,4H2,1H3. The molecule has 10 heavy (non-hydrogen) atoms. The highest BCUT2D eigenvalue weighted by Crippen LogP contribution is 2.23. The number of fused-ring (bicyclic) bond motifs is 1. The summed E-state index contributed by atoms with van der Waals surface area (Å²) in [6, 6.07) is 0.574. The lowest BCUT2D eigenvalue weighted by molar-refractivity contribution is 0.702. The van der Waals surface area contributed by atoms with E-state index in [4.69, 9.17) is 0 Å². The molecule has 0 spiro atoms. The second kappa shape index (κ2) is 2.01. The zero-order valence-electron chi connectivity index (χ0n) is 6.09. The summed E-state index contributed by atoms with van der Waals surface area (Å²) in [6.07, 6.45) is 9.77. The fraction of sp³-hybridized carbons (Fsp3) is 0.333. The average molecular weight is 133 g/mol. The van der Waals surface area contributed by atoms with Crippen molar-refractivity contribution < 1.29 is 0 Å². The first-order chi connectivity index (χ1) is 4.88. The Kier molecular flexibility index (Phi) is 1.16. The summed E-state index contributed by atoms with van der Waals surface area (Å²) in [4.78, 5) is 0. The van der Waals surface area contributed by atoms with E-state index in [0.29, 0.717) is 6.04 Å². The van der Waals surface area contributed by atoms with Gasteiger partial charge in [-0.25, -0.2) is 0 Å². The molecule has 0 saturated heterocycles. The minimum Gasteiger partial charge on any atom is -0.384 e. The van der Waals surface area contributed by atoms with E-state index in [0.717, 1.165) is 6.42 Å². The molecule has 0 bridgehead atoms. The summed E-state index contributed by atoms with van der Waals surface area (Å²) in [7, 11) is 0. The molecule has 52 valence electrons. The molecule has 1 atom stereocenters. The van der Waals surface area contributed by atoms with E-state index in [1.807, 2.05) is 6.20 Å². The second-order valence-corrected chi connectivity index (χ2v) is 2.83. The van der Waals surface area contributed by atoms with Crippen molar-refractivity contribution in [3.8, 4) is 0 Å². The molecule has 0 aromatic rings. The quantitative estimate of drug-likeness (QED) is 0.531. The van der Waals surface area contributed by atoms with Crippen molar-refractivity contribution >= 4 is 0 Å². The van der Waals surface area contributed by atoms with Gasteiger partial charge in [0.05, 0.1) is 6.04 Å². The van der Waals surface area contributed by atoms with Crippen LogP contribution in [0.3, 0.4) is 0 Å². The number of rotatable bonds is 0. The van der Waals surface area contributed by atoms with Gasteiger partial charge in [0, 0.05) is 0 Å². The predicted octanol–water partition coefficient (Wildman–Crippen LogP) is 1.75. The van der Waals surface area contributed by atoms with E-state index >= 15 is 0 Å². The van der Waals surface area contributed by atoms with E-state index in [2.05, 4.69) is 30.5 Å². The maximum atomic E-state index is 3.30. The molecule has 1 unspecified atom stereocenters. The van der Waals surface area contributed by atoms with Crippen molar-refractivity contribution in [2.24, 2.45) is 0 Å². The van der Waals surface area contributed by atoms with Crippen LogP contribution in [-0.4, -0.2) is 6.04 Å². The molecule has 1 heterocycles. The zero-order valence-corrected chi connectivity index (χ0v) is 6.09. The molecular weight excluding hydrogens is 122 g/mol. The van der Waals surface area contributed by atoms with Gasteiger partial charge in [-0.3, -0.25) is 0 Å². The number of hydrogen-bond acceptors (Lipinski definition) is 1. The average Bonchev–Trinajstić information content (AvgIpc) is 2.36. The summed E-state index contributed by atoms with van der Waals surface area (Å²) < 4.78 is 0. The molecule has 2 aliphatic rings. The van der Waals surface area contributed by atoms with Gasteiger partial charge < -0.3 is 5.32 Å². The van der Waals surface area contributed by atoms with Gasteiger partial charge in [-0.15, -0.1) is 0 Å². The third kappa shape index (κ3) is 0.703. The van der Waals surface area contributed by atoms with Crippen LogP contribution in [-0.2, 0) is 0 Å². The van der Waals surface area contributed by atoms with Gasteiger partial charge in [0.15, 0.2) is 0 Å². The predicted molar refractivity (Wildman–Crippen MR) is 42.5 cm³/mol. The molecular formula is C9H11N. The van der Waals surface area contributed by atoms with E-state index in [9.17, 15) is 0 Å². The molecule has 0 amide bonds. The molecule has 0 fully saturated rings. The first-order valence-electron chi connectivity index (χ1n) is 3.68. The molecule has 1 aliphatic heterocycles. The molecule has 0 aromatic heterocycles. The number of nitrogens with one attached hydrogen (secondary N) is 1.